The fourth-order valence-electron chi connectivity index (χ4n) is 1.76. The van der Waals surface area contributed by atoms with Gasteiger partial charge in [0, 0.05) is 17.8 Å². The molecule has 0 aliphatic rings. The largest absolute Gasteiger partial charge is 0.361 e. The molecule has 0 spiro atoms. The van der Waals surface area contributed by atoms with Crippen molar-refractivity contribution in [2.24, 2.45) is 11.1 Å². The molecular weight excluding hydrogens is 220 g/mol. The highest BCUT2D eigenvalue weighted by molar-refractivity contribution is 5.85. The summed E-state index contributed by atoms with van der Waals surface area (Å²) in [4.78, 5) is 3.21. The van der Waals surface area contributed by atoms with Gasteiger partial charge in [-0.1, -0.05) is 32.9 Å². The number of fused-ring (bicyclic) bond motifs is 1. The van der Waals surface area contributed by atoms with Gasteiger partial charge in [-0.2, -0.15) is 0 Å². The SMILES string of the molecule is CC(C)(C)[C@H](N)c1ccc2cc[nH]c2c1.Cl. The van der Waals surface area contributed by atoms with Gasteiger partial charge in [-0.25, -0.2) is 0 Å². The number of benzene rings is 1. The van der Waals surface area contributed by atoms with Gasteiger partial charge in [0.15, 0.2) is 0 Å². The fraction of sp³-hybridized carbons (Fsp3) is 0.385. The molecule has 3 N–H and O–H groups in total. The number of nitrogens with two attached hydrogens (primary N) is 1. The van der Waals surface area contributed by atoms with E-state index in [2.05, 4.69) is 50.0 Å². The number of hydrogen-bond donors (Lipinski definition) is 2. The predicted octanol–water partition coefficient (Wildman–Crippen LogP) is 3.64. The van der Waals surface area contributed by atoms with E-state index < -0.39 is 0 Å². The Bertz CT molecular complexity index is 468. The van der Waals surface area contributed by atoms with Crippen LogP contribution < -0.4 is 5.73 Å². The summed E-state index contributed by atoms with van der Waals surface area (Å²) in [6.07, 6.45) is 1.96. The smallest absolute Gasteiger partial charge is 0.0457 e. The van der Waals surface area contributed by atoms with Crippen LogP contribution in [-0.4, -0.2) is 4.98 Å². The van der Waals surface area contributed by atoms with Crippen LogP contribution >= 0.6 is 12.4 Å². The molecule has 2 nitrogen and oxygen atoms in total. The van der Waals surface area contributed by atoms with Crippen LogP contribution in [0.5, 0.6) is 0 Å². The lowest BCUT2D eigenvalue weighted by Crippen LogP contribution is -2.26. The van der Waals surface area contributed by atoms with Gasteiger partial charge in [0.1, 0.15) is 0 Å². The summed E-state index contributed by atoms with van der Waals surface area (Å²) in [7, 11) is 0. The third-order valence-electron chi connectivity index (χ3n) is 2.87. The highest BCUT2D eigenvalue weighted by Gasteiger charge is 2.22. The molecule has 88 valence electrons. The van der Waals surface area contributed by atoms with Crippen LogP contribution in [0.25, 0.3) is 10.9 Å². The van der Waals surface area contributed by atoms with Crippen LogP contribution in [0.4, 0.5) is 0 Å². The topological polar surface area (TPSA) is 41.8 Å². The lowest BCUT2D eigenvalue weighted by molar-refractivity contribution is 0.327. The zero-order valence-corrected chi connectivity index (χ0v) is 10.8. The Morgan fingerprint density at radius 2 is 1.88 bits per heavy atom. The molecule has 0 amide bonds. The third kappa shape index (κ3) is 2.39. The van der Waals surface area contributed by atoms with E-state index in [1.807, 2.05) is 6.20 Å². The third-order valence-corrected chi connectivity index (χ3v) is 2.87. The molecule has 1 aromatic heterocycles. The second kappa shape index (κ2) is 4.48. The molecule has 0 saturated carbocycles. The first-order valence-corrected chi connectivity index (χ1v) is 5.31. The summed E-state index contributed by atoms with van der Waals surface area (Å²) in [5.74, 6) is 0. The van der Waals surface area contributed by atoms with Crippen LogP contribution in [0.2, 0.25) is 0 Å². The van der Waals surface area contributed by atoms with Gasteiger partial charge < -0.3 is 10.7 Å². The number of aromatic nitrogens is 1. The highest BCUT2D eigenvalue weighted by Crippen LogP contribution is 2.31. The van der Waals surface area contributed by atoms with Crippen molar-refractivity contribution in [2.45, 2.75) is 26.8 Å². The summed E-state index contributed by atoms with van der Waals surface area (Å²) in [6, 6.07) is 8.52. The minimum atomic E-state index is 0. The van der Waals surface area contributed by atoms with Crippen LogP contribution in [-0.2, 0) is 0 Å². The quantitative estimate of drug-likeness (QED) is 0.783. The highest BCUT2D eigenvalue weighted by atomic mass is 35.5. The first kappa shape index (κ1) is 13.1. The van der Waals surface area contributed by atoms with Crippen molar-refractivity contribution in [3.63, 3.8) is 0 Å². The molecule has 16 heavy (non-hydrogen) atoms. The normalized spacial score (nSPS) is 13.5. The van der Waals surface area contributed by atoms with E-state index in [0.29, 0.717) is 0 Å². The van der Waals surface area contributed by atoms with Gasteiger partial charge in [0.05, 0.1) is 0 Å². The summed E-state index contributed by atoms with van der Waals surface area (Å²) in [6.45, 7) is 6.49. The van der Waals surface area contributed by atoms with Crippen molar-refractivity contribution in [3.8, 4) is 0 Å². The molecule has 0 radical (unpaired) electrons. The summed E-state index contributed by atoms with van der Waals surface area (Å²) in [5.41, 5.74) is 8.67. The van der Waals surface area contributed by atoms with Crippen molar-refractivity contribution in [3.05, 3.63) is 36.0 Å². The maximum absolute atomic E-state index is 6.22. The molecule has 0 unspecified atom stereocenters. The van der Waals surface area contributed by atoms with E-state index in [1.165, 1.54) is 10.9 Å². The number of H-pyrrole nitrogens is 1. The van der Waals surface area contributed by atoms with Crippen molar-refractivity contribution < 1.29 is 0 Å². The van der Waals surface area contributed by atoms with E-state index in [9.17, 15) is 0 Å². The minimum absolute atomic E-state index is 0. The number of halogens is 1. The Kier molecular flexibility index (Phi) is 3.66. The molecule has 2 rings (SSSR count). The Hall–Kier alpha value is -0.990. The van der Waals surface area contributed by atoms with Crippen molar-refractivity contribution in [2.75, 3.05) is 0 Å². The zero-order valence-electron chi connectivity index (χ0n) is 9.95. The minimum Gasteiger partial charge on any atom is -0.361 e. The van der Waals surface area contributed by atoms with Gasteiger partial charge in [-0.15, -0.1) is 12.4 Å². The first-order chi connectivity index (χ1) is 6.98. The van der Waals surface area contributed by atoms with Crippen molar-refractivity contribution >= 4 is 23.3 Å². The second-order valence-corrected chi connectivity index (χ2v) is 5.17. The lowest BCUT2D eigenvalue weighted by Gasteiger charge is -2.27. The Morgan fingerprint density at radius 3 is 2.50 bits per heavy atom. The van der Waals surface area contributed by atoms with Crippen LogP contribution in [0, 0.1) is 5.41 Å². The standard InChI is InChI=1S/C13H18N2.ClH/c1-13(2,3)12(14)10-5-4-9-6-7-15-11(9)8-10;/h4-8,12,15H,14H2,1-3H3;1H/t12-;/m1./s1. The lowest BCUT2D eigenvalue weighted by atomic mass is 9.83. The van der Waals surface area contributed by atoms with E-state index in [4.69, 9.17) is 5.73 Å². The number of hydrogen-bond acceptors (Lipinski definition) is 1. The molecule has 2 aromatic rings. The second-order valence-electron chi connectivity index (χ2n) is 5.17. The molecule has 0 aliphatic carbocycles. The van der Waals surface area contributed by atoms with E-state index in [0.717, 1.165) is 5.52 Å². The molecule has 1 aromatic carbocycles. The maximum Gasteiger partial charge on any atom is 0.0457 e. The zero-order chi connectivity index (χ0) is 11.1. The summed E-state index contributed by atoms with van der Waals surface area (Å²) < 4.78 is 0. The average Bonchev–Trinajstić information content (AvgIpc) is 2.61. The Morgan fingerprint density at radius 1 is 1.19 bits per heavy atom. The molecule has 1 atom stereocenters. The first-order valence-electron chi connectivity index (χ1n) is 5.31. The van der Waals surface area contributed by atoms with Crippen molar-refractivity contribution in [1.29, 1.82) is 0 Å². The molecule has 1 heterocycles. The van der Waals surface area contributed by atoms with Gasteiger partial charge in [0.2, 0.25) is 0 Å². The van der Waals surface area contributed by atoms with E-state index in [1.54, 1.807) is 0 Å². The fourth-order valence-corrected chi connectivity index (χ4v) is 1.76. The predicted molar refractivity (Wildman–Crippen MR) is 71.9 cm³/mol. The molecule has 0 saturated heterocycles. The monoisotopic (exact) mass is 238 g/mol. The van der Waals surface area contributed by atoms with E-state index in [-0.39, 0.29) is 23.9 Å². The molecular formula is C13H19ClN2. The number of aromatic amines is 1. The van der Waals surface area contributed by atoms with Gasteiger partial charge >= 0.3 is 0 Å². The van der Waals surface area contributed by atoms with E-state index >= 15 is 0 Å². The molecule has 0 bridgehead atoms. The average molecular weight is 239 g/mol. The maximum atomic E-state index is 6.22. The van der Waals surface area contributed by atoms with Gasteiger partial charge in [-0.05, 0) is 28.5 Å². The molecule has 3 heteroatoms. The van der Waals surface area contributed by atoms with Crippen LogP contribution in [0.3, 0.4) is 0 Å². The summed E-state index contributed by atoms with van der Waals surface area (Å²) >= 11 is 0. The number of nitrogens with one attached hydrogen (secondary N) is 1. The van der Waals surface area contributed by atoms with Gasteiger partial charge in [0.25, 0.3) is 0 Å². The van der Waals surface area contributed by atoms with Crippen LogP contribution in [0.15, 0.2) is 30.5 Å². The molecule has 0 fully saturated rings. The molecule has 0 aliphatic heterocycles. The van der Waals surface area contributed by atoms with Crippen LogP contribution in [0.1, 0.15) is 32.4 Å². The Labute approximate surface area is 103 Å². The van der Waals surface area contributed by atoms with Gasteiger partial charge in [-0.3, -0.25) is 0 Å². The Balaban J connectivity index is 0.00000128. The summed E-state index contributed by atoms with van der Waals surface area (Å²) in [5, 5.41) is 1.24. The number of rotatable bonds is 1. The van der Waals surface area contributed by atoms with Crippen molar-refractivity contribution in [1.82, 2.24) is 4.98 Å².